The summed E-state index contributed by atoms with van der Waals surface area (Å²) in [4.78, 5) is 10.6. The second-order valence-corrected chi connectivity index (χ2v) is 4.06. The first-order valence-electron chi connectivity index (χ1n) is 4.57. The molecule has 1 aromatic carbocycles. The van der Waals surface area contributed by atoms with Crippen LogP contribution >= 0.6 is 15.9 Å². The lowest BCUT2D eigenvalue weighted by Crippen LogP contribution is -2.17. The Morgan fingerprint density at radius 3 is 2.50 bits per heavy atom. The summed E-state index contributed by atoms with van der Waals surface area (Å²) in [6, 6.07) is 2.02. The zero-order chi connectivity index (χ0) is 13.9. The highest BCUT2D eigenvalue weighted by Crippen LogP contribution is 2.35. The Morgan fingerprint density at radius 1 is 1.44 bits per heavy atom. The molecular formula is C10H8BrF3O4. The molecule has 1 aromatic rings. The Bertz CT molecular complexity index is 459. The molecule has 0 aliphatic rings. The molecule has 100 valence electrons. The minimum absolute atomic E-state index is 0.00558. The van der Waals surface area contributed by atoms with E-state index in [2.05, 4.69) is 20.7 Å². The first-order valence-corrected chi connectivity index (χ1v) is 5.36. The molecule has 0 aliphatic heterocycles. The van der Waals surface area contributed by atoms with Crippen molar-refractivity contribution in [2.75, 3.05) is 7.11 Å². The molecule has 18 heavy (non-hydrogen) atoms. The maximum Gasteiger partial charge on any atom is 0.573 e. The molecule has 1 rings (SSSR count). The Hall–Kier alpha value is -1.44. The largest absolute Gasteiger partial charge is 0.573 e. The molecule has 0 fully saturated rings. The molecule has 0 unspecified atom stereocenters. The molecule has 8 heteroatoms. The molecule has 0 aliphatic carbocycles. The molecule has 0 saturated carbocycles. The SMILES string of the molecule is COc1cc(OC(F)(F)F)cc(Br)c1CC(=O)O. The highest BCUT2D eigenvalue weighted by molar-refractivity contribution is 9.10. The van der Waals surface area contributed by atoms with Crippen molar-refractivity contribution >= 4 is 21.9 Å². The zero-order valence-corrected chi connectivity index (χ0v) is 10.6. The quantitative estimate of drug-likeness (QED) is 0.923. The summed E-state index contributed by atoms with van der Waals surface area (Å²) in [6.07, 6.45) is -5.20. The number of hydrogen-bond donors (Lipinski definition) is 1. The van der Waals surface area contributed by atoms with Gasteiger partial charge >= 0.3 is 12.3 Å². The Balaban J connectivity index is 3.14. The molecule has 0 spiro atoms. The van der Waals surface area contributed by atoms with E-state index in [0.717, 1.165) is 12.1 Å². The molecule has 0 atom stereocenters. The number of methoxy groups -OCH3 is 1. The van der Waals surface area contributed by atoms with Crippen LogP contribution < -0.4 is 9.47 Å². The molecule has 0 aromatic heterocycles. The van der Waals surface area contributed by atoms with Crippen LogP contribution in [0.15, 0.2) is 16.6 Å². The van der Waals surface area contributed by atoms with Crippen LogP contribution in [0.5, 0.6) is 11.5 Å². The van der Waals surface area contributed by atoms with Gasteiger partial charge in [-0.1, -0.05) is 15.9 Å². The lowest BCUT2D eigenvalue weighted by atomic mass is 10.1. The van der Waals surface area contributed by atoms with Crippen LogP contribution in [0.1, 0.15) is 5.56 Å². The minimum Gasteiger partial charge on any atom is -0.496 e. The fraction of sp³-hybridized carbons (Fsp3) is 0.300. The van der Waals surface area contributed by atoms with Crippen LogP contribution in [-0.4, -0.2) is 24.5 Å². The van der Waals surface area contributed by atoms with E-state index < -0.39 is 18.1 Å². The summed E-state index contributed by atoms with van der Waals surface area (Å²) in [6.45, 7) is 0. The molecule has 0 bridgehead atoms. The average molecular weight is 329 g/mol. The topological polar surface area (TPSA) is 55.8 Å². The lowest BCUT2D eigenvalue weighted by molar-refractivity contribution is -0.274. The number of alkyl halides is 3. The highest BCUT2D eigenvalue weighted by Gasteiger charge is 2.31. The molecule has 0 heterocycles. The number of benzene rings is 1. The number of carboxylic acid groups (broad SMARTS) is 1. The summed E-state index contributed by atoms with van der Waals surface area (Å²) < 4.78 is 44.9. The zero-order valence-electron chi connectivity index (χ0n) is 9.05. The van der Waals surface area contributed by atoms with Crippen molar-refractivity contribution in [2.45, 2.75) is 12.8 Å². The van der Waals surface area contributed by atoms with Gasteiger partial charge in [0.2, 0.25) is 0 Å². The monoisotopic (exact) mass is 328 g/mol. The van der Waals surface area contributed by atoms with Crippen LogP contribution in [0.4, 0.5) is 13.2 Å². The fourth-order valence-electron chi connectivity index (χ4n) is 1.29. The molecule has 4 nitrogen and oxygen atoms in total. The molecule has 1 N–H and O–H groups in total. The van der Waals surface area contributed by atoms with Gasteiger partial charge in [-0.3, -0.25) is 4.79 Å². The first kappa shape index (κ1) is 14.6. The summed E-state index contributed by atoms with van der Waals surface area (Å²) in [5.41, 5.74) is 0.236. The van der Waals surface area contributed by atoms with Crippen LogP contribution in [0, 0.1) is 0 Å². The van der Waals surface area contributed by atoms with Gasteiger partial charge < -0.3 is 14.6 Å². The number of hydrogen-bond acceptors (Lipinski definition) is 3. The predicted molar refractivity (Wildman–Crippen MR) is 58.7 cm³/mol. The maximum absolute atomic E-state index is 12.0. The second-order valence-electron chi connectivity index (χ2n) is 3.20. The van der Waals surface area contributed by atoms with Crippen LogP contribution in [0.2, 0.25) is 0 Å². The number of ether oxygens (including phenoxy) is 2. The van der Waals surface area contributed by atoms with E-state index in [0.29, 0.717) is 0 Å². The van der Waals surface area contributed by atoms with E-state index in [9.17, 15) is 18.0 Å². The van der Waals surface area contributed by atoms with Gasteiger partial charge in [0.15, 0.2) is 0 Å². The highest BCUT2D eigenvalue weighted by atomic mass is 79.9. The molecule has 0 radical (unpaired) electrons. The normalized spacial score (nSPS) is 11.2. The predicted octanol–water partition coefficient (Wildman–Crippen LogP) is 2.98. The number of aliphatic carboxylic acids is 1. The van der Waals surface area contributed by atoms with E-state index in [1.165, 1.54) is 7.11 Å². The van der Waals surface area contributed by atoms with Crippen molar-refractivity contribution in [3.8, 4) is 11.5 Å². The first-order chi connectivity index (χ1) is 8.23. The lowest BCUT2D eigenvalue weighted by Gasteiger charge is -2.13. The van der Waals surface area contributed by atoms with Gasteiger partial charge in [0.1, 0.15) is 11.5 Å². The Morgan fingerprint density at radius 2 is 2.06 bits per heavy atom. The molecule has 0 amide bonds. The van der Waals surface area contributed by atoms with Gasteiger partial charge in [0.25, 0.3) is 0 Å². The summed E-state index contributed by atoms with van der Waals surface area (Å²) in [7, 11) is 1.23. The van der Waals surface area contributed by atoms with Crippen molar-refractivity contribution in [1.29, 1.82) is 0 Å². The van der Waals surface area contributed by atoms with Crippen LogP contribution in [-0.2, 0) is 11.2 Å². The fourth-order valence-corrected chi connectivity index (χ4v) is 1.85. The van der Waals surface area contributed by atoms with E-state index in [1.54, 1.807) is 0 Å². The van der Waals surface area contributed by atoms with Crippen molar-refractivity contribution in [1.82, 2.24) is 0 Å². The third-order valence-corrected chi connectivity index (χ3v) is 2.62. The average Bonchev–Trinajstić information content (AvgIpc) is 2.18. The second kappa shape index (κ2) is 5.47. The van der Waals surface area contributed by atoms with Gasteiger partial charge in [0, 0.05) is 16.1 Å². The minimum atomic E-state index is -4.82. The van der Waals surface area contributed by atoms with Crippen molar-refractivity contribution in [2.24, 2.45) is 0 Å². The summed E-state index contributed by atoms with van der Waals surface area (Å²) >= 11 is 2.98. The van der Waals surface area contributed by atoms with E-state index >= 15 is 0 Å². The number of halogens is 4. The molecule has 0 saturated heterocycles. The van der Waals surface area contributed by atoms with E-state index in [4.69, 9.17) is 9.84 Å². The summed E-state index contributed by atoms with van der Waals surface area (Å²) in [5.74, 6) is -1.61. The number of carbonyl (C=O) groups is 1. The molecular weight excluding hydrogens is 321 g/mol. The van der Waals surface area contributed by atoms with Gasteiger partial charge in [-0.15, -0.1) is 13.2 Å². The Kier molecular flexibility index (Phi) is 4.44. The van der Waals surface area contributed by atoms with Gasteiger partial charge in [-0.25, -0.2) is 0 Å². The van der Waals surface area contributed by atoms with Gasteiger partial charge in [-0.05, 0) is 6.07 Å². The standard InChI is InChI=1S/C10H8BrF3O4/c1-17-8-3-5(18-10(12,13)14)2-7(11)6(8)4-9(15)16/h2-3H,4H2,1H3,(H,15,16). The summed E-state index contributed by atoms with van der Waals surface area (Å²) in [5, 5.41) is 8.68. The van der Waals surface area contributed by atoms with Crippen molar-refractivity contribution in [3.05, 3.63) is 22.2 Å². The van der Waals surface area contributed by atoms with Gasteiger partial charge in [0.05, 0.1) is 13.5 Å². The van der Waals surface area contributed by atoms with E-state index in [1.807, 2.05) is 0 Å². The Labute approximate surface area is 108 Å². The van der Waals surface area contributed by atoms with Crippen molar-refractivity contribution < 1.29 is 32.5 Å². The van der Waals surface area contributed by atoms with Crippen LogP contribution in [0.3, 0.4) is 0 Å². The van der Waals surface area contributed by atoms with Crippen LogP contribution in [0.25, 0.3) is 0 Å². The maximum atomic E-state index is 12.0. The number of rotatable bonds is 4. The number of carboxylic acids is 1. The third kappa shape index (κ3) is 4.10. The smallest absolute Gasteiger partial charge is 0.496 e. The van der Waals surface area contributed by atoms with E-state index in [-0.39, 0.29) is 22.2 Å². The van der Waals surface area contributed by atoms with Crippen molar-refractivity contribution in [3.63, 3.8) is 0 Å². The van der Waals surface area contributed by atoms with Gasteiger partial charge in [-0.2, -0.15) is 0 Å². The third-order valence-electron chi connectivity index (χ3n) is 1.91.